The highest BCUT2D eigenvalue weighted by Crippen LogP contribution is 2.42. The summed E-state index contributed by atoms with van der Waals surface area (Å²) in [6.45, 7) is 1.81. The molecule has 0 saturated heterocycles. The zero-order valence-corrected chi connectivity index (χ0v) is 16.9. The molecule has 0 unspecified atom stereocenters. The lowest BCUT2D eigenvalue weighted by Gasteiger charge is -2.14. The molecule has 2 aromatic carbocycles. The summed E-state index contributed by atoms with van der Waals surface area (Å²) in [7, 11) is 1.58. The Morgan fingerprint density at radius 1 is 1.24 bits per heavy atom. The summed E-state index contributed by atoms with van der Waals surface area (Å²) < 4.78 is 21.4. The lowest BCUT2D eigenvalue weighted by Crippen LogP contribution is -2.23. The molecule has 0 radical (unpaired) electrons. The molecule has 150 valence electrons. The first-order chi connectivity index (χ1) is 14.1. The van der Waals surface area contributed by atoms with E-state index in [-0.39, 0.29) is 17.8 Å². The predicted octanol–water partition coefficient (Wildman–Crippen LogP) is 4.55. The number of aromatic nitrogens is 3. The van der Waals surface area contributed by atoms with Crippen molar-refractivity contribution in [3.05, 3.63) is 54.3 Å². The van der Waals surface area contributed by atoms with Crippen LogP contribution in [0.25, 0.3) is 11.4 Å². The number of ether oxygens (including phenoxy) is 1. The molecule has 1 N–H and O–H groups in total. The lowest BCUT2D eigenvalue weighted by molar-refractivity contribution is -0.115. The van der Waals surface area contributed by atoms with Crippen LogP contribution in [0.2, 0.25) is 0 Å². The molecule has 1 aromatic heterocycles. The molecule has 3 aromatic rings. The van der Waals surface area contributed by atoms with Crippen LogP contribution in [-0.4, -0.2) is 33.0 Å². The second kappa shape index (κ2) is 8.24. The van der Waals surface area contributed by atoms with E-state index in [9.17, 15) is 9.18 Å². The van der Waals surface area contributed by atoms with E-state index in [1.54, 1.807) is 37.4 Å². The normalized spacial score (nSPS) is 14.4. The molecule has 1 aliphatic rings. The van der Waals surface area contributed by atoms with E-state index in [2.05, 4.69) is 15.5 Å². The summed E-state index contributed by atoms with van der Waals surface area (Å²) >= 11 is 1.32. The van der Waals surface area contributed by atoms with Crippen molar-refractivity contribution in [2.45, 2.75) is 36.2 Å². The summed E-state index contributed by atoms with van der Waals surface area (Å²) in [5.41, 5.74) is 1.09. The molecule has 0 aliphatic heterocycles. The van der Waals surface area contributed by atoms with Crippen LogP contribution in [-0.2, 0) is 4.79 Å². The van der Waals surface area contributed by atoms with Crippen molar-refractivity contribution in [3.63, 3.8) is 0 Å². The minimum Gasteiger partial charge on any atom is -0.497 e. The van der Waals surface area contributed by atoms with Crippen molar-refractivity contribution in [2.75, 3.05) is 12.4 Å². The number of benzene rings is 2. The highest BCUT2D eigenvalue weighted by atomic mass is 32.2. The minimum atomic E-state index is -0.406. The Balaban J connectivity index is 1.53. The molecular weight excluding hydrogens is 391 g/mol. The van der Waals surface area contributed by atoms with Gasteiger partial charge in [0.1, 0.15) is 11.6 Å². The topological polar surface area (TPSA) is 69.0 Å². The smallest absolute Gasteiger partial charge is 0.237 e. The lowest BCUT2D eigenvalue weighted by atomic mass is 10.2. The van der Waals surface area contributed by atoms with E-state index < -0.39 is 5.25 Å². The van der Waals surface area contributed by atoms with Crippen molar-refractivity contribution < 1.29 is 13.9 Å². The van der Waals surface area contributed by atoms with Gasteiger partial charge in [-0.2, -0.15) is 0 Å². The molecule has 4 rings (SSSR count). The van der Waals surface area contributed by atoms with Gasteiger partial charge < -0.3 is 10.1 Å². The third-order valence-corrected chi connectivity index (χ3v) is 5.74. The SMILES string of the molecule is COc1cccc(NC(=O)[C@H](C)Sc2nnc(-c3ccccc3F)n2C2CC2)c1. The van der Waals surface area contributed by atoms with Gasteiger partial charge in [0.2, 0.25) is 5.91 Å². The number of nitrogens with one attached hydrogen (secondary N) is 1. The van der Waals surface area contributed by atoms with Crippen molar-refractivity contribution in [1.82, 2.24) is 14.8 Å². The van der Waals surface area contributed by atoms with Crippen LogP contribution in [0.3, 0.4) is 0 Å². The molecule has 0 bridgehead atoms. The number of halogens is 1. The van der Waals surface area contributed by atoms with Crippen LogP contribution in [0.5, 0.6) is 5.75 Å². The summed E-state index contributed by atoms with van der Waals surface area (Å²) in [4.78, 5) is 12.7. The first-order valence-electron chi connectivity index (χ1n) is 9.38. The van der Waals surface area contributed by atoms with Gasteiger partial charge in [0.05, 0.1) is 17.9 Å². The highest BCUT2D eigenvalue weighted by molar-refractivity contribution is 8.00. The number of nitrogens with zero attached hydrogens (tertiary/aromatic N) is 3. The third-order valence-electron chi connectivity index (χ3n) is 4.68. The molecule has 1 fully saturated rings. The van der Waals surface area contributed by atoms with Crippen molar-refractivity contribution in [1.29, 1.82) is 0 Å². The van der Waals surface area contributed by atoms with E-state index in [4.69, 9.17) is 4.74 Å². The second-order valence-electron chi connectivity index (χ2n) is 6.87. The maximum absolute atomic E-state index is 14.3. The molecule has 8 heteroatoms. The van der Waals surface area contributed by atoms with Crippen LogP contribution in [0.15, 0.2) is 53.7 Å². The Bertz CT molecular complexity index is 1040. The Hall–Kier alpha value is -2.87. The maximum Gasteiger partial charge on any atom is 0.237 e. The molecule has 29 heavy (non-hydrogen) atoms. The van der Waals surface area contributed by atoms with Crippen LogP contribution >= 0.6 is 11.8 Å². The molecule has 1 atom stereocenters. The van der Waals surface area contributed by atoms with Gasteiger partial charge in [-0.25, -0.2) is 4.39 Å². The molecule has 1 amide bonds. The fourth-order valence-corrected chi connectivity index (χ4v) is 3.92. The first-order valence-corrected chi connectivity index (χ1v) is 10.3. The molecule has 1 saturated carbocycles. The monoisotopic (exact) mass is 412 g/mol. The van der Waals surface area contributed by atoms with E-state index in [1.807, 2.05) is 23.6 Å². The van der Waals surface area contributed by atoms with E-state index in [1.165, 1.54) is 17.8 Å². The van der Waals surface area contributed by atoms with Gasteiger partial charge in [-0.1, -0.05) is 30.0 Å². The summed E-state index contributed by atoms with van der Waals surface area (Å²) in [5.74, 6) is 0.697. The Labute approximate surface area is 172 Å². The summed E-state index contributed by atoms with van der Waals surface area (Å²) in [6.07, 6.45) is 1.99. The first kappa shape index (κ1) is 19.4. The van der Waals surface area contributed by atoms with Gasteiger partial charge in [-0.15, -0.1) is 10.2 Å². The fourth-order valence-electron chi connectivity index (χ4n) is 3.00. The van der Waals surface area contributed by atoms with E-state index in [0.717, 1.165) is 12.8 Å². The van der Waals surface area contributed by atoms with Crippen LogP contribution < -0.4 is 10.1 Å². The van der Waals surface area contributed by atoms with Crippen molar-refractivity contribution >= 4 is 23.4 Å². The number of rotatable bonds is 7. The van der Waals surface area contributed by atoms with Crippen molar-refractivity contribution in [2.24, 2.45) is 0 Å². The molecule has 0 spiro atoms. The van der Waals surface area contributed by atoms with Gasteiger partial charge >= 0.3 is 0 Å². The maximum atomic E-state index is 14.3. The number of hydrogen-bond donors (Lipinski definition) is 1. The predicted molar refractivity (Wildman–Crippen MR) is 111 cm³/mol. The van der Waals surface area contributed by atoms with Crippen LogP contribution in [0.1, 0.15) is 25.8 Å². The van der Waals surface area contributed by atoms with Crippen molar-refractivity contribution in [3.8, 4) is 17.1 Å². The van der Waals surface area contributed by atoms with E-state index in [0.29, 0.717) is 28.0 Å². The zero-order chi connectivity index (χ0) is 20.4. The summed E-state index contributed by atoms with van der Waals surface area (Å²) in [6, 6.07) is 14.0. The number of thioether (sulfide) groups is 1. The zero-order valence-electron chi connectivity index (χ0n) is 16.1. The number of carbonyl (C=O) groups excluding carboxylic acids is 1. The van der Waals surface area contributed by atoms with Gasteiger partial charge in [0.15, 0.2) is 11.0 Å². The third kappa shape index (κ3) is 4.27. The number of amides is 1. The average molecular weight is 412 g/mol. The number of carbonyl (C=O) groups is 1. The Morgan fingerprint density at radius 2 is 2.03 bits per heavy atom. The minimum absolute atomic E-state index is 0.152. The number of hydrogen-bond acceptors (Lipinski definition) is 5. The quantitative estimate of drug-likeness (QED) is 0.577. The average Bonchev–Trinajstić information content (AvgIpc) is 3.49. The van der Waals surface area contributed by atoms with Gasteiger partial charge in [-0.3, -0.25) is 9.36 Å². The molecule has 1 aliphatic carbocycles. The van der Waals surface area contributed by atoms with E-state index >= 15 is 0 Å². The number of anilines is 1. The molecule has 1 heterocycles. The molecule has 6 nitrogen and oxygen atoms in total. The number of methoxy groups -OCH3 is 1. The Kier molecular flexibility index (Phi) is 5.53. The highest BCUT2D eigenvalue weighted by Gasteiger charge is 2.32. The standard InChI is InChI=1S/C21H21FN4O2S/c1-13(20(27)23-14-6-5-7-16(12-14)28-2)29-21-25-24-19(26(21)15-10-11-15)17-8-3-4-9-18(17)22/h3-9,12-13,15H,10-11H2,1-2H3,(H,23,27)/t13-/m0/s1. The van der Waals surface area contributed by atoms with Crippen LogP contribution in [0, 0.1) is 5.82 Å². The molecular formula is C21H21FN4O2S. The van der Waals surface area contributed by atoms with Crippen LogP contribution in [0.4, 0.5) is 10.1 Å². The Morgan fingerprint density at radius 3 is 2.76 bits per heavy atom. The van der Waals surface area contributed by atoms with Gasteiger partial charge in [-0.05, 0) is 44.0 Å². The van der Waals surface area contributed by atoms with Gasteiger partial charge in [0.25, 0.3) is 0 Å². The fraction of sp³-hybridized carbons (Fsp3) is 0.286. The summed E-state index contributed by atoms with van der Waals surface area (Å²) in [5, 5.41) is 11.6. The van der Waals surface area contributed by atoms with Gasteiger partial charge in [0, 0.05) is 17.8 Å². The largest absolute Gasteiger partial charge is 0.497 e. The second-order valence-corrected chi connectivity index (χ2v) is 8.18.